The molecule has 6 heteroatoms. The quantitative estimate of drug-likeness (QED) is 0.773. The minimum atomic E-state index is 0.130. The predicted octanol–water partition coefficient (Wildman–Crippen LogP) is 1.03. The SMILES string of the molecule is COc1cc(OC)nc(NC(C)CC(C)N)n1. The molecule has 3 N–H and O–H groups in total. The zero-order chi connectivity index (χ0) is 12.8. The summed E-state index contributed by atoms with van der Waals surface area (Å²) < 4.78 is 10.1. The van der Waals surface area contributed by atoms with E-state index in [2.05, 4.69) is 15.3 Å². The van der Waals surface area contributed by atoms with Crippen molar-refractivity contribution in [3.8, 4) is 11.8 Å². The second-order valence-electron chi connectivity index (χ2n) is 4.03. The second kappa shape index (κ2) is 6.24. The molecule has 96 valence electrons. The van der Waals surface area contributed by atoms with Gasteiger partial charge in [-0.2, -0.15) is 9.97 Å². The first kappa shape index (κ1) is 13.5. The van der Waals surface area contributed by atoms with Crippen molar-refractivity contribution >= 4 is 5.95 Å². The van der Waals surface area contributed by atoms with Crippen molar-refractivity contribution in [3.63, 3.8) is 0 Å². The average Bonchev–Trinajstić information content (AvgIpc) is 2.27. The first-order valence-electron chi connectivity index (χ1n) is 5.54. The topological polar surface area (TPSA) is 82.3 Å². The van der Waals surface area contributed by atoms with Gasteiger partial charge in [0, 0.05) is 12.1 Å². The molecular formula is C11H20N4O2. The average molecular weight is 240 g/mol. The molecule has 0 aliphatic carbocycles. The van der Waals surface area contributed by atoms with Crippen molar-refractivity contribution in [1.29, 1.82) is 0 Å². The van der Waals surface area contributed by atoms with Crippen LogP contribution in [0.15, 0.2) is 6.07 Å². The minimum Gasteiger partial charge on any atom is -0.481 e. The second-order valence-corrected chi connectivity index (χ2v) is 4.03. The van der Waals surface area contributed by atoms with E-state index in [4.69, 9.17) is 15.2 Å². The molecular weight excluding hydrogens is 220 g/mol. The van der Waals surface area contributed by atoms with Gasteiger partial charge in [-0.15, -0.1) is 0 Å². The summed E-state index contributed by atoms with van der Waals surface area (Å²) in [5, 5.41) is 3.16. The van der Waals surface area contributed by atoms with E-state index < -0.39 is 0 Å². The van der Waals surface area contributed by atoms with E-state index in [0.717, 1.165) is 6.42 Å². The Morgan fingerprint density at radius 2 is 1.76 bits per heavy atom. The lowest BCUT2D eigenvalue weighted by Crippen LogP contribution is -2.26. The predicted molar refractivity (Wildman–Crippen MR) is 66.5 cm³/mol. The van der Waals surface area contributed by atoms with E-state index >= 15 is 0 Å². The Morgan fingerprint density at radius 3 is 2.18 bits per heavy atom. The summed E-state index contributed by atoms with van der Waals surface area (Å²) in [6.45, 7) is 3.99. The summed E-state index contributed by atoms with van der Waals surface area (Å²) in [4.78, 5) is 8.36. The normalized spacial score (nSPS) is 13.9. The van der Waals surface area contributed by atoms with Crippen LogP contribution >= 0.6 is 0 Å². The van der Waals surface area contributed by atoms with Crippen molar-refractivity contribution in [3.05, 3.63) is 6.07 Å². The van der Waals surface area contributed by atoms with Crippen molar-refractivity contribution in [1.82, 2.24) is 9.97 Å². The monoisotopic (exact) mass is 240 g/mol. The number of nitrogens with two attached hydrogens (primary N) is 1. The Bertz CT molecular complexity index is 335. The Balaban J connectivity index is 2.75. The van der Waals surface area contributed by atoms with Crippen LogP contribution in [0.1, 0.15) is 20.3 Å². The number of aromatic nitrogens is 2. The summed E-state index contributed by atoms with van der Waals surface area (Å²) >= 11 is 0. The van der Waals surface area contributed by atoms with Crippen LogP contribution < -0.4 is 20.5 Å². The highest BCUT2D eigenvalue weighted by atomic mass is 16.5. The molecule has 0 aliphatic heterocycles. The van der Waals surface area contributed by atoms with Crippen molar-refractivity contribution < 1.29 is 9.47 Å². The third-order valence-corrected chi connectivity index (χ3v) is 2.20. The highest BCUT2D eigenvalue weighted by Crippen LogP contribution is 2.18. The van der Waals surface area contributed by atoms with Gasteiger partial charge in [0.05, 0.1) is 20.3 Å². The van der Waals surface area contributed by atoms with Gasteiger partial charge in [0.1, 0.15) is 0 Å². The van der Waals surface area contributed by atoms with E-state index in [0.29, 0.717) is 17.7 Å². The zero-order valence-corrected chi connectivity index (χ0v) is 10.7. The maximum absolute atomic E-state index is 5.73. The van der Waals surface area contributed by atoms with Gasteiger partial charge < -0.3 is 20.5 Å². The number of nitrogens with zero attached hydrogens (tertiary/aromatic N) is 2. The molecule has 2 atom stereocenters. The summed E-state index contributed by atoms with van der Waals surface area (Å²) in [7, 11) is 3.11. The fourth-order valence-corrected chi connectivity index (χ4v) is 1.51. The first-order chi connectivity index (χ1) is 8.05. The van der Waals surface area contributed by atoms with Gasteiger partial charge in [0.25, 0.3) is 0 Å². The van der Waals surface area contributed by atoms with Crippen LogP contribution in [0.25, 0.3) is 0 Å². The number of nitrogens with one attached hydrogen (secondary N) is 1. The summed E-state index contributed by atoms with van der Waals surface area (Å²) in [5.74, 6) is 1.41. The van der Waals surface area contributed by atoms with Gasteiger partial charge in [-0.3, -0.25) is 0 Å². The molecule has 1 aromatic rings. The third kappa shape index (κ3) is 4.44. The Morgan fingerprint density at radius 1 is 1.24 bits per heavy atom. The van der Waals surface area contributed by atoms with Crippen LogP contribution in [0, 0.1) is 0 Å². The van der Waals surface area contributed by atoms with Gasteiger partial charge >= 0.3 is 0 Å². The highest BCUT2D eigenvalue weighted by Gasteiger charge is 2.09. The molecule has 0 saturated carbocycles. The highest BCUT2D eigenvalue weighted by molar-refractivity contribution is 5.34. The summed E-state index contributed by atoms with van der Waals surface area (Å²) in [6.07, 6.45) is 0.836. The Hall–Kier alpha value is -1.56. The lowest BCUT2D eigenvalue weighted by atomic mass is 10.1. The van der Waals surface area contributed by atoms with Gasteiger partial charge in [0.15, 0.2) is 0 Å². The van der Waals surface area contributed by atoms with Crippen molar-refractivity contribution in [2.24, 2.45) is 5.73 Å². The van der Waals surface area contributed by atoms with E-state index in [1.807, 2.05) is 13.8 Å². The Labute approximate surface area is 102 Å². The molecule has 0 fully saturated rings. The number of rotatable bonds is 6. The number of methoxy groups -OCH3 is 2. The fourth-order valence-electron chi connectivity index (χ4n) is 1.51. The molecule has 1 heterocycles. The minimum absolute atomic E-state index is 0.130. The maximum Gasteiger partial charge on any atom is 0.229 e. The van der Waals surface area contributed by atoms with Crippen molar-refractivity contribution in [2.45, 2.75) is 32.4 Å². The van der Waals surface area contributed by atoms with E-state index in [1.54, 1.807) is 20.3 Å². The largest absolute Gasteiger partial charge is 0.481 e. The molecule has 0 saturated heterocycles. The summed E-state index contributed by atoms with van der Waals surface area (Å²) in [5.41, 5.74) is 5.73. The molecule has 6 nitrogen and oxygen atoms in total. The first-order valence-corrected chi connectivity index (χ1v) is 5.54. The van der Waals surface area contributed by atoms with Crippen LogP contribution in [0.2, 0.25) is 0 Å². The van der Waals surface area contributed by atoms with Crippen LogP contribution in [-0.2, 0) is 0 Å². The number of ether oxygens (including phenoxy) is 2. The zero-order valence-electron chi connectivity index (χ0n) is 10.7. The molecule has 0 spiro atoms. The van der Waals surface area contributed by atoms with Gasteiger partial charge in [-0.05, 0) is 20.3 Å². The molecule has 0 bridgehead atoms. The maximum atomic E-state index is 5.73. The third-order valence-electron chi connectivity index (χ3n) is 2.20. The number of hydrogen-bond donors (Lipinski definition) is 2. The van der Waals surface area contributed by atoms with Crippen LogP contribution in [0.3, 0.4) is 0 Å². The molecule has 1 rings (SSSR count). The smallest absolute Gasteiger partial charge is 0.229 e. The van der Waals surface area contributed by atoms with E-state index in [1.165, 1.54) is 0 Å². The fraction of sp³-hybridized carbons (Fsp3) is 0.636. The van der Waals surface area contributed by atoms with Gasteiger partial charge in [-0.1, -0.05) is 0 Å². The number of hydrogen-bond acceptors (Lipinski definition) is 6. The number of anilines is 1. The van der Waals surface area contributed by atoms with Crippen LogP contribution in [0.5, 0.6) is 11.8 Å². The van der Waals surface area contributed by atoms with Crippen LogP contribution in [0.4, 0.5) is 5.95 Å². The van der Waals surface area contributed by atoms with Gasteiger partial charge in [-0.25, -0.2) is 0 Å². The van der Waals surface area contributed by atoms with E-state index in [-0.39, 0.29) is 12.1 Å². The van der Waals surface area contributed by atoms with Gasteiger partial charge in [0.2, 0.25) is 17.7 Å². The molecule has 0 radical (unpaired) electrons. The standard InChI is InChI=1S/C11H20N4O2/c1-7(12)5-8(2)13-11-14-9(16-3)6-10(15-11)17-4/h6-8H,5,12H2,1-4H3,(H,13,14,15). The van der Waals surface area contributed by atoms with E-state index in [9.17, 15) is 0 Å². The van der Waals surface area contributed by atoms with Crippen LogP contribution in [-0.4, -0.2) is 36.3 Å². The molecule has 0 aliphatic rings. The lowest BCUT2D eigenvalue weighted by molar-refractivity contribution is 0.372. The van der Waals surface area contributed by atoms with Crippen molar-refractivity contribution in [2.75, 3.05) is 19.5 Å². The molecule has 17 heavy (non-hydrogen) atoms. The summed E-state index contributed by atoms with van der Waals surface area (Å²) in [6, 6.07) is 1.94. The molecule has 0 amide bonds. The Kier molecular flexibility index (Phi) is 4.96. The molecule has 1 aromatic heterocycles. The molecule has 2 unspecified atom stereocenters. The lowest BCUT2D eigenvalue weighted by Gasteiger charge is -2.16. The molecule has 0 aromatic carbocycles.